The van der Waals surface area contributed by atoms with E-state index in [0.29, 0.717) is 19.0 Å². The van der Waals surface area contributed by atoms with Crippen LogP contribution in [0, 0.1) is 5.92 Å². The molecule has 0 aliphatic heterocycles. The molecule has 53 heavy (non-hydrogen) atoms. The Balaban J connectivity index is 4.54. The van der Waals surface area contributed by atoms with Crippen LogP contribution in [0.4, 0.5) is 0 Å². The summed E-state index contributed by atoms with van der Waals surface area (Å²) in [6.45, 7) is 2.72. The summed E-state index contributed by atoms with van der Waals surface area (Å²) in [5.74, 6) is -0.445. The lowest BCUT2D eigenvalue weighted by Crippen LogP contribution is -2.58. The van der Waals surface area contributed by atoms with E-state index in [-0.39, 0.29) is 26.3 Å². The second-order valence-electron chi connectivity index (χ2n) is 15.0. The van der Waals surface area contributed by atoms with Crippen molar-refractivity contribution in [2.75, 3.05) is 77.3 Å². The van der Waals surface area contributed by atoms with Gasteiger partial charge < -0.3 is 45.2 Å². The molecule has 0 saturated carbocycles. The fraction of sp³-hybridized carbons (Fsp3) is 1.00. The van der Waals surface area contributed by atoms with Crippen molar-refractivity contribution in [3.63, 3.8) is 0 Å². The summed E-state index contributed by atoms with van der Waals surface area (Å²) in [5, 5.41) is 48.8. The maximum absolute atomic E-state index is 11.1. The molecular weight excluding hydrogens is 747 g/mol. The molecule has 0 radical (unpaired) electrons. The van der Waals surface area contributed by atoms with Crippen molar-refractivity contribution in [1.82, 2.24) is 16.0 Å². The molecule has 0 aliphatic rings. The first-order chi connectivity index (χ1) is 25.2. The average molecular weight is 824 g/mol. The number of hydrogen-bond donors (Lipinski definition) is 9. The van der Waals surface area contributed by atoms with Gasteiger partial charge in [-0.1, -0.05) is 110 Å². The molecule has 15 nitrogen and oxygen atoms in total. The van der Waals surface area contributed by atoms with E-state index in [1.54, 1.807) is 0 Å². The molecule has 0 atom stereocenters. The number of rotatable bonds is 40. The maximum atomic E-state index is 11.1. The zero-order valence-corrected chi connectivity index (χ0v) is 35.6. The van der Waals surface area contributed by atoms with Crippen LogP contribution in [-0.4, -0.2) is 144 Å². The highest BCUT2D eigenvalue weighted by molar-refractivity contribution is 7.86. The third-order valence-corrected chi connectivity index (χ3v) is 12.8. The first-order valence-corrected chi connectivity index (χ1v) is 24.9. The summed E-state index contributed by atoms with van der Waals surface area (Å²) in [5.41, 5.74) is -2.86. The van der Waals surface area contributed by atoms with Crippen LogP contribution >= 0.6 is 0 Å². The highest BCUT2D eigenvalue weighted by Gasteiger charge is 2.34. The van der Waals surface area contributed by atoms with E-state index in [1.165, 1.54) is 89.9 Å². The Morgan fingerprint density at radius 2 is 0.868 bits per heavy atom. The van der Waals surface area contributed by atoms with Crippen molar-refractivity contribution in [3.8, 4) is 0 Å². The van der Waals surface area contributed by atoms with Gasteiger partial charge in [-0.2, -0.15) is 16.8 Å². The average Bonchev–Trinajstić information content (AvgIpc) is 3.10. The quantitative estimate of drug-likeness (QED) is 0.0245. The van der Waals surface area contributed by atoms with Gasteiger partial charge in [0.25, 0.3) is 20.2 Å². The predicted octanol–water partition coefficient (Wildman–Crippen LogP) is 2.52. The van der Waals surface area contributed by atoms with E-state index in [0.717, 1.165) is 25.3 Å². The summed E-state index contributed by atoms with van der Waals surface area (Å²) < 4.78 is 74.7. The minimum atomic E-state index is -4.28. The molecule has 0 saturated heterocycles. The van der Waals surface area contributed by atoms with Gasteiger partial charge in [0.05, 0.1) is 62.2 Å². The molecule has 0 aromatic carbocycles. The van der Waals surface area contributed by atoms with Gasteiger partial charge in [-0.3, -0.25) is 9.11 Å². The van der Waals surface area contributed by atoms with E-state index < -0.39 is 78.5 Å². The highest BCUT2D eigenvalue weighted by Crippen LogP contribution is 2.16. The van der Waals surface area contributed by atoms with Gasteiger partial charge in [-0.15, -0.1) is 0 Å². The number of nitrogens with one attached hydrogen (secondary N) is 3. The minimum absolute atomic E-state index is 0.254. The molecule has 0 aromatic rings. The third kappa shape index (κ3) is 31.5. The molecule has 0 unspecified atom stereocenters. The van der Waals surface area contributed by atoms with Crippen molar-refractivity contribution in [2.45, 2.75) is 140 Å². The van der Waals surface area contributed by atoms with Crippen LogP contribution in [-0.2, 0) is 29.1 Å². The Bertz CT molecular complexity index is 1010. The van der Waals surface area contributed by atoms with Crippen molar-refractivity contribution in [3.05, 3.63) is 0 Å². The molecule has 18 heteroatoms. The summed E-state index contributed by atoms with van der Waals surface area (Å²) in [6, 6.07) is 0.474. The normalized spacial score (nSPS) is 13.2. The Morgan fingerprint density at radius 1 is 0.528 bits per heavy atom. The lowest BCUT2D eigenvalue weighted by molar-refractivity contribution is 0.0219. The van der Waals surface area contributed by atoms with Crippen molar-refractivity contribution < 1.29 is 55.2 Å². The van der Waals surface area contributed by atoms with Gasteiger partial charge in [-0.25, -0.2) is 0 Å². The number of unbranched alkanes of at least 4 members (excludes halogenated alkanes) is 14. The van der Waals surface area contributed by atoms with E-state index in [4.69, 9.17) is 18.0 Å². The lowest BCUT2D eigenvalue weighted by Gasteiger charge is -2.35. The molecule has 0 bridgehead atoms. The summed E-state index contributed by atoms with van der Waals surface area (Å²) in [7, 11) is -11.2. The predicted molar refractivity (Wildman–Crippen MR) is 213 cm³/mol. The van der Waals surface area contributed by atoms with Crippen LogP contribution in [0.1, 0.15) is 123 Å². The molecule has 0 aliphatic carbocycles. The number of hydrogen-bond acceptors (Lipinski definition) is 13. The lowest BCUT2D eigenvalue weighted by atomic mass is 10.0. The highest BCUT2D eigenvalue weighted by atomic mass is 32.2. The van der Waals surface area contributed by atoms with Gasteiger partial charge in [-0.05, 0) is 37.9 Å². The fourth-order valence-electron chi connectivity index (χ4n) is 5.84. The molecule has 0 rings (SSSR count). The van der Waals surface area contributed by atoms with Gasteiger partial charge in [0.15, 0.2) is 0 Å². The van der Waals surface area contributed by atoms with E-state index in [2.05, 4.69) is 29.8 Å². The SMILES string of the molecule is CC(C)CCCCCCCCCCCCCCCCCNCCC[SiH](OCC(CO)(CO)NCCS(=O)(=O)O)OCC(CO)(CO)NCCS(=O)(=O)O. The van der Waals surface area contributed by atoms with Gasteiger partial charge in [0.2, 0.25) is 0 Å². The fourth-order valence-corrected chi connectivity index (χ4v) is 8.53. The Hall–Kier alpha value is -0.323. The Labute approximate surface area is 323 Å². The van der Waals surface area contributed by atoms with E-state index in [1.807, 2.05) is 0 Å². The van der Waals surface area contributed by atoms with Crippen LogP contribution in [0.15, 0.2) is 0 Å². The largest absolute Gasteiger partial charge is 0.394 e. The number of aliphatic hydroxyl groups excluding tert-OH is 4. The van der Waals surface area contributed by atoms with Crippen molar-refractivity contribution in [1.29, 1.82) is 0 Å². The molecular formula is C35H77N3O12S2Si. The van der Waals surface area contributed by atoms with Crippen molar-refractivity contribution in [2.24, 2.45) is 5.92 Å². The zero-order chi connectivity index (χ0) is 39.9. The molecule has 0 heterocycles. The standard InChI is InChI=1S/C35H77N3O12S2Si/c1-33(2)19-16-14-12-10-8-6-4-3-5-7-9-11-13-15-17-20-36-21-18-26-53(49-31-34(27-39,28-40)37-22-24-51(43,44)45)50-32-35(29-41,30-42)38-23-25-52(46,47)48/h33,36-42,53H,3-32H2,1-2H3,(H,43,44,45)(H,46,47,48). The summed E-state index contributed by atoms with van der Waals surface area (Å²) in [6.07, 6.45) is 21.7. The van der Waals surface area contributed by atoms with Crippen LogP contribution in [0.25, 0.3) is 0 Å². The second kappa shape index (κ2) is 31.7. The van der Waals surface area contributed by atoms with Crippen molar-refractivity contribution >= 4 is 29.5 Å². The van der Waals surface area contributed by atoms with Gasteiger partial charge in [0.1, 0.15) is 0 Å². The monoisotopic (exact) mass is 823 g/mol. The molecule has 320 valence electrons. The zero-order valence-electron chi connectivity index (χ0n) is 32.8. The molecule has 0 spiro atoms. The molecule has 9 N–H and O–H groups in total. The third-order valence-electron chi connectivity index (χ3n) is 9.45. The maximum Gasteiger partial charge on any atom is 0.321 e. The Morgan fingerprint density at radius 3 is 1.21 bits per heavy atom. The summed E-state index contributed by atoms with van der Waals surface area (Å²) in [4.78, 5) is 0. The summed E-state index contributed by atoms with van der Waals surface area (Å²) >= 11 is 0. The van der Waals surface area contributed by atoms with Gasteiger partial charge >= 0.3 is 9.28 Å². The van der Waals surface area contributed by atoms with Crippen LogP contribution in [0.2, 0.25) is 6.04 Å². The molecule has 0 aromatic heterocycles. The van der Waals surface area contributed by atoms with Crippen LogP contribution < -0.4 is 16.0 Å². The molecule has 0 fully saturated rings. The van der Waals surface area contributed by atoms with E-state index >= 15 is 0 Å². The van der Waals surface area contributed by atoms with E-state index in [9.17, 15) is 37.3 Å². The smallest absolute Gasteiger partial charge is 0.321 e. The first-order valence-electron chi connectivity index (χ1n) is 19.9. The minimum Gasteiger partial charge on any atom is -0.394 e. The van der Waals surface area contributed by atoms with Gasteiger partial charge in [0, 0.05) is 13.1 Å². The second-order valence-corrected chi connectivity index (χ2v) is 20.3. The first kappa shape index (κ1) is 52.7. The number of aliphatic hydroxyl groups is 4. The topological polar surface area (TPSA) is 244 Å². The molecule has 0 amide bonds. The van der Waals surface area contributed by atoms with Crippen LogP contribution in [0.3, 0.4) is 0 Å². The Kier molecular flexibility index (Phi) is 31.5. The van der Waals surface area contributed by atoms with Crippen LogP contribution in [0.5, 0.6) is 0 Å².